The highest BCUT2D eigenvalue weighted by molar-refractivity contribution is 7.13. The van der Waals surface area contributed by atoms with E-state index in [2.05, 4.69) is 41.1 Å². The van der Waals surface area contributed by atoms with Gasteiger partial charge in [-0.25, -0.2) is 4.98 Å². The van der Waals surface area contributed by atoms with Crippen LogP contribution in [0.5, 0.6) is 0 Å². The van der Waals surface area contributed by atoms with Gasteiger partial charge in [-0.15, -0.1) is 11.3 Å². The molecule has 0 saturated heterocycles. The Bertz CT molecular complexity index is 551. The molecule has 0 atom stereocenters. The second-order valence-corrected chi connectivity index (χ2v) is 5.56. The van der Waals surface area contributed by atoms with E-state index in [1.165, 1.54) is 31.2 Å². The molecule has 1 heterocycles. The monoisotopic (exact) mass is 253 g/mol. The number of benzene rings is 1. The summed E-state index contributed by atoms with van der Waals surface area (Å²) < 4.78 is 0. The van der Waals surface area contributed by atoms with Crippen molar-refractivity contribution in [2.75, 3.05) is 0 Å². The van der Waals surface area contributed by atoms with Crippen LogP contribution in [-0.4, -0.2) is 4.98 Å². The Labute approximate surface area is 112 Å². The summed E-state index contributed by atoms with van der Waals surface area (Å²) in [5.74, 6) is 7.31. The van der Waals surface area contributed by atoms with Gasteiger partial charge in [-0.2, -0.15) is 0 Å². The van der Waals surface area contributed by atoms with Gasteiger partial charge in [0.2, 0.25) is 0 Å². The molecular weight excluding hydrogens is 238 g/mol. The normalized spacial score (nSPS) is 15.3. The first-order valence-electron chi connectivity index (χ1n) is 6.43. The van der Waals surface area contributed by atoms with Gasteiger partial charge in [0, 0.05) is 28.6 Å². The number of hydrogen-bond donors (Lipinski definition) is 0. The van der Waals surface area contributed by atoms with Gasteiger partial charge in [-0.3, -0.25) is 0 Å². The Balaban J connectivity index is 1.74. The summed E-state index contributed by atoms with van der Waals surface area (Å²) in [5.41, 5.74) is 2.29. The van der Waals surface area contributed by atoms with Crippen LogP contribution < -0.4 is 0 Å². The Morgan fingerprint density at radius 2 is 1.89 bits per heavy atom. The first kappa shape index (κ1) is 11.5. The Morgan fingerprint density at radius 1 is 1.11 bits per heavy atom. The van der Waals surface area contributed by atoms with Crippen molar-refractivity contribution in [2.24, 2.45) is 5.92 Å². The second-order valence-electron chi connectivity index (χ2n) is 4.67. The van der Waals surface area contributed by atoms with E-state index >= 15 is 0 Å². The van der Waals surface area contributed by atoms with E-state index in [9.17, 15) is 0 Å². The topological polar surface area (TPSA) is 12.9 Å². The van der Waals surface area contributed by atoms with E-state index in [-0.39, 0.29) is 0 Å². The number of hydrogen-bond acceptors (Lipinski definition) is 2. The average Bonchev–Trinajstić information content (AvgIpc) is 3.10. The first-order valence-corrected chi connectivity index (χ1v) is 7.31. The fourth-order valence-corrected chi connectivity index (χ4v) is 2.96. The highest BCUT2D eigenvalue weighted by Crippen LogP contribution is 2.24. The van der Waals surface area contributed by atoms with Crippen molar-refractivity contribution in [3.8, 4) is 22.4 Å². The summed E-state index contributed by atoms with van der Waals surface area (Å²) >= 11 is 1.67. The molecule has 1 nitrogen and oxygen atoms in total. The van der Waals surface area contributed by atoms with Gasteiger partial charge >= 0.3 is 0 Å². The predicted molar refractivity (Wildman–Crippen MR) is 76.4 cm³/mol. The lowest BCUT2D eigenvalue weighted by atomic mass is 10.1. The Kier molecular flexibility index (Phi) is 3.43. The second kappa shape index (κ2) is 5.37. The van der Waals surface area contributed by atoms with E-state index in [1.54, 1.807) is 11.3 Å². The van der Waals surface area contributed by atoms with Crippen LogP contribution in [0.4, 0.5) is 0 Å². The molecule has 0 unspecified atom stereocenters. The molecular formula is C16H15NS. The Morgan fingerprint density at radius 3 is 2.56 bits per heavy atom. The first-order chi connectivity index (χ1) is 8.92. The molecule has 3 rings (SSSR count). The number of rotatable bonds is 1. The summed E-state index contributed by atoms with van der Waals surface area (Å²) in [6.07, 6.45) is 7.10. The highest BCUT2D eigenvalue weighted by atomic mass is 32.1. The van der Waals surface area contributed by atoms with E-state index in [1.807, 2.05) is 11.6 Å². The molecule has 1 aliphatic rings. The van der Waals surface area contributed by atoms with E-state index in [0.29, 0.717) is 5.92 Å². The summed E-state index contributed by atoms with van der Waals surface area (Å²) in [4.78, 5) is 4.31. The van der Waals surface area contributed by atoms with Crippen molar-refractivity contribution >= 4 is 11.3 Å². The summed E-state index contributed by atoms with van der Waals surface area (Å²) in [5, 5.41) is 3.08. The molecule has 1 fully saturated rings. The van der Waals surface area contributed by atoms with Crippen molar-refractivity contribution in [1.82, 2.24) is 4.98 Å². The third kappa shape index (κ3) is 2.63. The molecule has 0 amide bonds. The number of nitrogens with zero attached hydrogens (tertiary/aromatic N) is 1. The lowest BCUT2D eigenvalue weighted by Crippen LogP contribution is -1.86. The lowest BCUT2D eigenvalue weighted by Gasteiger charge is -1.97. The Hall–Kier alpha value is -1.59. The van der Waals surface area contributed by atoms with Crippen LogP contribution in [0.1, 0.15) is 31.2 Å². The maximum absolute atomic E-state index is 4.31. The zero-order valence-electron chi connectivity index (χ0n) is 10.2. The fraction of sp³-hybridized carbons (Fsp3) is 0.312. The van der Waals surface area contributed by atoms with Crippen LogP contribution in [0, 0.1) is 17.8 Å². The largest absolute Gasteiger partial charge is 0.245 e. The van der Waals surface area contributed by atoms with Gasteiger partial charge in [-0.1, -0.05) is 36.8 Å². The van der Waals surface area contributed by atoms with Gasteiger partial charge in [0.25, 0.3) is 0 Å². The number of aromatic nitrogens is 1. The molecule has 0 spiro atoms. The minimum atomic E-state index is 0.628. The smallest absolute Gasteiger partial charge is 0.123 e. The van der Waals surface area contributed by atoms with Gasteiger partial charge in [0.15, 0.2) is 0 Å². The SMILES string of the molecule is C(#CC1CCCC1)c1ccc(-c2nccs2)cc1. The van der Waals surface area contributed by atoms with Crippen LogP contribution >= 0.6 is 11.3 Å². The van der Waals surface area contributed by atoms with Crippen LogP contribution in [0.25, 0.3) is 10.6 Å². The molecule has 0 aliphatic heterocycles. The van der Waals surface area contributed by atoms with Crippen LogP contribution in [0.15, 0.2) is 35.8 Å². The van der Waals surface area contributed by atoms with Gasteiger partial charge in [0.1, 0.15) is 5.01 Å². The van der Waals surface area contributed by atoms with Crippen molar-refractivity contribution < 1.29 is 0 Å². The van der Waals surface area contributed by atoms with Gasteiger partial charge in [-0.05, 0) is 25.0 Å². The summed E-state index contributed by atoms with van der Waals surface area (Å²) in [6, 6.07) is 8.41. The van der Waals surface area contributed by atoms with Crippen LogP contribution in [-0.2, 0) is 0 Å². The lowest BCUT2D eigenvalue weighted by molar-refractivity contribution is 0.712. The van der Waals surface area contributed by atoms with Crippen molar-refractivity contribution in [2.45, 2.75) is 25.7 Å². The fourth-order valence-electron chi connectivity index (χ4n) is 2.32. The summed E-state index contributed by atoms with van der Waals surface area (Å²) in [6.45, 7) is 0. The van der Waals surface area contributed by atoms with E-state index < -0.39 is 0 Å². The molecule has 1 saturated carbocycles. The van der Waals surface area contributed by atoms with Crippen molar-refractivity contribution in [1.29, 1.82) is 0 Å². The van der Waals surface area contributed by atoms with Crippen LogP contribution in [0.3, 0.4) is 0 Å². The maximum Gasteiger partial charge on any atom is 0.123 e. The molecule has 90 valence electrons. The third-order valence-corrected chi connectivity index (χ3v) is 4.16. The summed E-state index contributed by atoms with van der Waals surface area (Å²) in [7, 11) is 0. The molecule has 2 aromatic rings. The zero-order valence-corrected chi connectivity index (χ0v) is 11.0. The molecule has 1 aromatic carbocycles. The van der Waals surface area contributed by atoms with Gasteiger partial charge < -0.3 is 0 Å². The van der Waals surface area contributed by atoms with Crippen molar-refractivity contribution in [3.05, 3.63) is 41.4 Å². The highest BCUT2D eigenvalue weighted by Gasteiger charge is 2.11. The van der Waals surface area contributed by atoms with Crippen LogP contribution in [0.2, 0.25) is 0 Å². The van der Waals surface area contributed by atoms with E-state index in [4.69, 9.17) is 0 Å². The molecule has 0 bridgehead atoms. The predicted octanol–water partition coefficient (Wildman–Crippen LogP) is 4.35. The van der Waals surface area contributed by atoms with E-state index in [0.717, 1.165) is 10.6 Å². The molecule has 18 heavy (non-hydrogen) atoms. The quantitative estimate of drug-likeness (QED) is 0.688. The standard InChI is InChI=1S/C16H15NS/c1-2-4-13(3-1)5-6-14-7-9-15(10-8-14)16-17-11-12-18-16/h7-13H,1-4H2. The van der Waals surface area contributed by atoms with Crippen molar-refractivity contribution in [3.63, 3.8) is 0 Å². The molecule has 0 radical (unpaired) electrons. The maximum atomic E-state index is 4.31. The third-order valence-electron chi connectivity index (χ3n) is 3.34. The molecule has 2 heteroatoms. The number of thiazole rings is 1. The minimum absolute atomic E-state index is 0.628. The van der Waals surface area contributed by atoms with Gasteiger partial charge in [0.05, 0.1) is 0 Å². The minimum Gasteiger partial charge on any atom is -0.245 e. The zero-order chi connectivity index (χ0) is 12.2. The average molecular weight is 253 g/mol. The molecule has 1 aromatic heterocycles. The molecule has 1 aliphatic carbocycles. The molecule has 0 N–H and O–H groups in total.